The van der Waals surface area contributed by atoms with Gasteiger partial charge in [0.15, 0.2) is 11.5 Å². The van der Waals surface area contributed by atoms with E-state index < -0.39 is 0 Å². The maximum atomic E-state index is 9.16. The van der Waals surface area contributed by atoms with Crippen molar-refractivity contribution in [3.63, 3.8) is 0 Å². The summed E-state index contributed by atoms with van der Waals surface area (Å²) in [6, 6.07) is 9.25. The molecule has 0 atom stereocenters. The molecule has 20 heavy (non-hydrogen) atoms. The van der Waals surface area contributed by atoms with Gasteiger partial charge in [-0.1, -0.05) is 6.07 Å². The Balaban J connectivity index is 1.71. The van der Waals surface area contributed by atoms with Crippen LogP contribution in [-0.4, -0.2) is 16.9 Å². The summed E-state index contributed by atoms with van der Waals surface area (Å²) >= 11 is 0. The molecular formula is C15H15NO4. The van der Waals surface area contributed by atoms with Gasteiger partial charge in [-0.3, -0.25) is 0 Å². The van der Waals surface area contributed by atoms with E-state index in [1.54, 1.807) is 6.07 Å². The van der Waals surface area contributed by atoms with Crippen molar-refractivity contribution in [1.82, 2.24) is 4.98 Å². The summed E-state index contributed by atoms with van der Waals surface area (Å²) in [5, 5.41) is 9.16. The van der Waals surface area contributed by atoms with Gasteiger partial charge in [-0.25, -0.2) is 4.98 Å². The number of aromatic nitrogens is 1. The van der Waals surface area contributed by atoms with Gasteiger partial charge in [0.2, 0.25) is 12.7 Å². The molecule has 1 aromatic heterocycles. The molecular weight excluding hydrogens is 258 g/mol. The van der Waals surface area contributed by atoms with Crippen LogP contribution >= 0.6 is 0 Å². The van der Waals surface area contributed by atoms with Crippen LogP contribution in [-0.2, 0) is 13.2 Å². The average Bonchev–Trinajstić information content (AvgIpc) is 2.92. The minimum Gasteiger partial charge on any atom is -0.473 e. The van der Waals surface area contributed by atoms with Crippen LogP contribution in [0.25, 0.3) is 0 Å². The molecule has 1 aromatic carbocycles. The highest BCUT2D eigenvalue weighted by Crippen LogP contribution is 2.32. The Labute approximate surface area is 116 Å². The molecule has 5 heteroatoms. The molecule has 104 valence electrons. The van der Waals surface area contributed by atoms with E-state index in [4.69, 9.17) is 19.3 Å². The van der Waals surface area contributed by atoms with E-state index in [0.29, 0.717) is 12.5 Å². The minimum absolute atomic E-state index is 0.0241. The largest absolute Gasteiger partial charge is 0.473 e. The fraction of sp³-hybridized carbons (Fsp3) is 0.267. The Hall–Kier alpha value is -2.27. The van der Waals surface area contributed by atoms with Crippen LogP contribution in [0, 0.1) is 6.92 Å². The van der Waals surface area contributed by atoms with E-state index in [2.05, 4.69) is 4.98 Å². The van der Waals surface area contributed by atoms with Crippen LogP contribution in [0.1, 0.15) is 16.8 Å². The SMILES string of the molecule is Cc1cc(CO)cc(OCc2ccc3c(c2)OCO3)n1. The topological polar surface area (TPSA) is 60.8 Å². The van der Waals surface area contributed by atoms with Gasteiger partial charge in [-0.2, -0.15) is 0 Å². The van der Waals surface area contributed by atoms with Gasteiger partial charge in [-0.15, -0.1) is 0 Å². The molecule has 0 saturated carbocycles. The number of fused-ring (bicyclic) bond motifs is 1. The molecule has 0 aliphatic carbocycles. The summed E-state index contributed by atoms with van der Waals surface area (Å²) in [6.07, 6.45) is 0. The van der Waals surface area contributed by atoms with E-state index >= 15 is 0 Å². The highest BCUT2D eigenvalue weighted by Gasteiger charge is 2.13. The molecule has 0 radical (unpaired) electrons. The third kappa shape index (κ3) is 2.67. The number of aliphatic hydroxyl groups excluding tert-OH is 1. The number of ether oxygens (including phenoxy) is 3. The van der Waals surface area contributed by atoms with E-state index in [1.165, 1.54) is 0 Å². The third-order valence-corrected chi connectivity index (χ3v) is 3.00. The van der Waals surface area contributed by atoms with E-state index in [1.807, 2.05) is 31.2 Å². The average molecular weight is 273 g/mol. The molecule has 3 rings (SSSR count). The normalized spacial score (nSPS) is 12.5. The quantitative estimate of drug-likeness (QED) is 0.925. The van der Waals surface area contributed by atoms with Crippen molar-refractivity contribution in [2.45, 2.75) is 20.1 Å². The van der Waals surface area contributed by atoms with Crippen LogP contribution in [0.5, 0.6) is 17.4 Å². The predicted octanol–water partition coefficient (Wildman–Crippen LogP) is 2.19. The van der Waals surface area contributed by atoms with Crippen molar-refractivity contribution < 1.29 is 19.3 Å². The molecule has 1 aliphatic heterocycles. The first kappa shape index (κ1) is 12.7. The van der Waals surface area contributed by atoms with E-state index in [9.17, 15) is 0 Å². The molecule has 0 saturated heterocycles. The lowest BCUT2D eigenvalue weighted by Crippen LogP contribution is -1.99. The Morgan fingerprint density at radius 3 is 2.85 bits per heavy atom. The highest BCUT2D eigenvalue weighted by molar-refractivity contribution is 5.44. The second-order valence-corrected chi connectivity index (χ2v) is 4.59. The minimum atomic E-state index is -0.0241. The van der Waals surface area contributed by atoms with Gasteiger partial charge in [0.05, 0.1) is 6.61 Å². The van der Waals surface area contributed by atoms with Gasteiger partial charge in [0, 0.05) is 11.8 Å². The Morgan fingerprint density at radius 2 is 2.00 bits per heavy atom. The molecule has 0 fully saturated rings. The zero-order valence-electron chi connectivity index (χ0n) is 11.1. The number of hydrogen-bond acceptors (Lipinski definition) is 5. The van der Waals surface area contributed by atoms with Crippen LogP contribution in [0.15, 0.2) is 30.3 Å². The fourth-order valence-corrected chi connectivity index (χ4v) is 2.06. The number of pyridine rings is 1. The molecule has 1 aliphatic rings. The van der Waals surface area contributed by atoms with Gasteiger partial charge in [-0.05, 0) is 36.2 Å². The molecule has 2 heterocycles. The molecule has 5 nitrogen and oxygen atoms in total. The Bertz CT molecular complexity index is 627. The molecule has 0 amide bonds. The lowest BCUT2D eigenvalue weighted by molar-refractivity contribution is 0.174. The van der Waals surface area contributed by atoms with E-state index in [0.717, 1.165) is 28.3 Å². The zero-order chi connectivity index (χ0) is 13.9. The monoisotopic (exact) mass is 273 g/mol. The van der Waals surface area contributed by atoms with Crippen LogP contribution < -0.4 is 14.2 Å². The highest BCUT2D eigenvalue weighted by atomic mass is 16.7. The zero-order valence-corrected chi connectivity index (χ0v) is 11.1. The van der Waals surface area contributed by atoms with Gasteiger partial charge >= 0.3 is 0 Å². The third-order valence-electron chi connectivity index (χ3n) is 3.00. The van der Waals surface area contributed by atoms with Gasteiger partial charge in [0.25, 0.3) is 0 Å². The predicted molar refractivity (Wildman–Crippen MR) is 71.8 cm³/mol. The lowest BCUT2D eigenvalue weighted by atomic mass is 10.2. The van der Waals surface area contributed by atoms with Crippen molar-refractivity contribution in [2.24, 2.45) is 0 Å². The lowest BCUT2D eigenvalue weighted by Gasteiger charge is -2.08. The van der Waals surface area contributed by atoms with Crippen molar-refractivity contribution in [3.8, 4) is 17.4 Å². The standard InChI is InChI=1S/C15H15NO4/c1-10-4-12(7-17)6-15(16-10)18-8-11-2-3-13-14(5-11)20-9-19-13/h2-6,17H,7-9H2,1H3. The summed E-state index contributed by atoms with van der Waals surface area (Å²) < 4.78 is 16.2. The van der Waals surface area contributed by atoms with Gasteiger partial charge in [0.1, 0.15) is 6.61 Å². The summed E-state index contributed by atoms with van der Waals surface area (Å²) in [7, 11) is 0. The first-order valence-corrected chi connectivity index (χ1v) is 6.34. The number of aliphatic hydroxyl groups is 1. The number of hydrogen-bond donors (Lipinski definition) is 1. The first-order valence-electron chi connectivity index (χ1n) is 6.34. The molecule has 0 unspecified atom stereocenters. The maximum Gasteiger partial charge on any atom is 0.231 e. The number of aryl methyl sites for hydroxylation is 1. The van der Waals surface area contributed by atoms with Crippen LogP contribution in [0.4, 0.5) is 0 Å². The number of rotatable bonds is 4. The maximum absolute atomic E-state index is 9.16. The Morgan fingerprint density at radius 1 is 1.15 bits per heavy atom. The first-order chi connectivity index (χ1) is 9.74. The van der Waals surface area contributed by atoms with Crippen LogP contribution in [0.2, 0.25) is 0 Å². The number of nitrogens with zero attached hydrogens (tertiary/aromatic N) is 1. The Kier molecular flexibility index (Phi) is 3.43. The summed E-state index contributed by atoms with van der Waals surface area (Å²) in [5.74, 6) is 2.00. The fourth-order valence-electron chi connectivity index (χ4n) is 2.06. The van der Waals surface area contributed by atoms with Crippen LogP contribution in [0.3, 0.4) is 0 Å². The summed E-state index contributed by atoms with van der Waals surface area (Å²) in [4.78, 5) is 4.28. The molecule has 0 bridgehead atoms. The summed E-state index contributed by atoms with van der Waals surface area (Å²) in [5.41, 5.74) is 2.58. The van der Waals surface area contributed by atoms with Crippen molar-refractivity contribution in [3.05, 3.63) is 47.2 Å². The number of benzene rings is 1. The molecule has 0 spiro atoms. The second kappa shape index (κ2) is 5.38. The van der Waals surface area contributed by atoms with Crippen molar-refractivity contribution >= 4 is 0 Å². The summed E-state index contributed by atoms with van der Waals surface area (Å²) in [6.45, 7) is 2.49. The smallest absolute Gasteiger partial charge is 0.231 e. The van der Waals surface area contributed by atoms with E-state index in [-0.39, 0.29) is 13.4 Å². The second-order valence-electron chi connectivity index (χ2n) is 4.59. The van der Waals surface area contributed by atoms with Crippen molar-refractivity contribution in [2.75, 3.05) is 6.79 Å². The van der Waals surface area contributed by atoms with Gasteiger partial charge < -0.3 is 19.3 Å². The molecule has 2 aromatic rings. The van der Waals surface area contributed by atoms with Crippen molar-refractivity contribution in [1.29, 1.82) is 0 Å². The molecule has 1 N–H and O–H groups in total.